The van der Waals surface area contributed by atoms with E-state index in [-0.39, 0.29) is 30.8 Å². The van der Waals surface area contributed by atoms with Gasteiger partial charge in [-0.1, -0.05) is 0 Å². The topological polar surface area (TPSA) is 84.7 Å². The summed E-state index contributed by atoms with van der Waals surface area (Å²) in [6, 6.07) is -0.268. The predicted octanol–water partition coefficient (Wildman–Crippen LogP) is -0.501. The van der Waals surface area contributed by atoms with Crippen molar-refractivity contribution in [3.05, 3.63) is 12.0 Å². The number of aliphatic hydroxyl groups is 1. The number of morpholine rings is 1. The largest absolute Gasteiger partial charge is 0.394 e. The highest BCUT2D eigenvalue weighted by Gasteiger charge is 2.36. The number of sulfonamides is 1. The molecule has 1 aliphatic rings. The highest BCUT2D eigenvalue weighted by Crippen LogP contribution is 2.21. The van der Waals surface area contributed by atoms with Crippen LogP contribution in [0, 0.1) is 6.92 Å². The molecule has 108 valence electrons. The van der Waals surface area contributed by atoms with Gasteiger partial charge in [0, 0.05) is 25.8 Å². The Labute approximate surface area is 112 Å². The van der Waals surface area contributed by atoms with Crippen LogP contribution in [-0.2, 0) is 21.8 Å². The normalized spacial score (nSPS) is 25.7. The summed E-state index contributed by atoms with van der Waals surface area (Å²) in [6.07, 6.45) is 1.02. The maximum Gasteiger partial charge on any atom is 0.262 e. The summed E-state index contributed by atoms with van der Waals surface area (Å²) >= 11 is 0. The fourth-order valence-corrected chi connectivity index (χ4v) is 3.68. The smallest absolute Gasteiger partial charge is 0.262 e. The molecule has 0 amide bonds. The monoisotopic (exact) mass is 289 g/mol. The second-order valence-corrected chi connectivity index (χ2v) is 6.64. The lowest BCUT2D eigenvalue weighted by Gasteiger charge is -2.35. The first kappa shape index (κ1) is 14.4. The molecule has 2 atom stereocenters. The number of ether oxygens (including phenoxy) is 1. The molecule has 1 aromatic rings. The molecule has 0 bridgehead atoms. The van der Waals surface area contributed by atoms with Crippen molar-refractivity contribution in [3.63, 3.8) is 0 Å². The molecule has 7 nitrogen and oxygen atoms in total. The van der Waals surface area contributed by atoms with Crippen molar-refractivity contribution in [1.29, 1.82) is 0 Å². The predicted molar refractivity (Wildman–Crippen MR) is 68.1 cm³/mol. The van der Waals surface area contributed by atoms with Crippen LogP contribution < -0.4 is 0 Å². The SMILES string of the molecule is Cc1nc(S(=O)(=O)N2CC(CO)OCC2C)cn1C. The number of aliphatic hydroxyl groups excluding tert-OH is 1. The first-order valence-corrected chi connectivity index (χ1v) is 7.54. The maximum atomic E-state index is 12.5. The number of aryl methyl sites for hydroxylation is 2. The van der Waals surface area contributed by atoms with E-state index in [0.29, 0.717) is 5.82 Å². The molecule has 2 unspecified atom stereocenters. The van der Waals surface area contributed by atoms with Gasteiger partial charge in [-0.25, -0.2) is 13.4 Å². The summed E-state index contributed by atoms with van der Waals surface area (Å²) < 4.78 is 33.4. The zero-order valence-corrected chi connectivity index (χ0v) is 12.1. The molecular formula is C11H19N3O4S. The van der Waals surface area contributed by atoms with Gasteiger partial charge in [-0.15, -0.1) is 0 Å². The highest BCUT2D eigenvalue weighted by atomic mass is 32.2. The summed E-state index contributed by atoms with van der Waals surface area (Å²) in [7, 11) is -1.90. The molecule has 8 heteroatoms. The first-order valence-electron chi connectivity index (χ1n) is 6.10. The highest BCUT2D eigenvalue weighted by molar-refractivity contribution is 7.89. The lowest BCUT2D eigenvalue weighted by atomic mass is 10.2. The Balaban J connectivity index is 2.32. The van der Waals surface area contributed by atoms with Gasteiger partial charge in [0.05, 0.1) is 19.3 Å². The number of imidazole rings is 1. The van der Waals surface area contributed by atoms with Gasteiger partial charge >= 0.3 is 0 Å². The fraction of sp³-hybridized carbons (Fsp3) is 0.727. The minimum atomic E-state index is -3.65. The molecule has 0 aromatic carbocycles. The van der Waals surface area contributed by atoms with Gasteiger partial charge in [-0.2, -0.15) is 4.31 Å². The second kappa shape index (κ2) is 5.20. The van der Waals surface area contributed by atoms with Crippen molar-refractivity contribution in [1.82, 2.24) is 13.9 Å². The van der Waals surface area contributed by atoms with Crippen LogP contribution in [0.2, 0.25) is 0 Å². The Bertz CT molecular complexity index is 535. The lowest BCUT2D eigenvalue weighted by Crippen LogP contribution is -2.51. The molecule has 0 aliphatic carbocycles. The van der Waals surface area contributed by atoms with Crippen LogP contribution in [0.1, 0.15) is 12.7 Å². The molecule has 2 rings (SSSR count). The van der Waals surface area contributed by atoms with Gasteiger partial charge in [-0.05, 0) is 13.8 Å². The lowest BCUT2D eigenvalue weighted by molar-refractivity contribution is -0.0516. The van der Waals surface area contributed by atoms with E-state index in [9.17, 15) is 8.42 Å². The van der Waals surface area contributed by atoms with Crippen LogP contribution in [0.4, 0.5) is 0 Å². The number of hydrogen-bond acceptors (Lipinski definition) is 5. The van der Waals surface area contributed by atoms with E-state index in [4.69, 9.17) is 9.84 Å². The average Bonchev–Trinajstić information content (AvgIpc) is 2.71. The molecule has 1 aromatic heterocycles. The fourth-order valence-electron chi connectivity index (χ4n) is 2.01. The van der Waals surface area contributed by atoms with Gasteiger partial charge in [0.2, 0.25) is 0 Å². The van der Waals surface area contributed by atoms with Gasteiger partial charge in [0.15, 0.2) is 5.03 Å². The van der Waals surface area contributed by atoms with Gasteiger partial charge in [-0.3, -0.25) is 0 Å². The summed E-state index contributed by atoms with van der Waals surface area (Å²) in [4.78, 5) is 4.07. The quantitative estimate of drug-likeness (QED) is 0.811. The zero-order valence-electron chi connectivity index (χ0n) is 11.3. The van der Waals surface area contributed by atoms with Crippen LogP contribution in [0.25, 0.3) is 0 Å². The summed E-state index contributed by atoms with van der Waals surface area (Å²) in [6.45, 7) is 3.76. The molecule has 1 N–H and O–H groups in total. The van der Waals surface area contributed by atoms with Crippen LogP contribution in [0.5, 0.6) is 0 Å². The molecular weight excluding hydrogens is 270 g/mol. The van der Waals surface area contributed by atoms with E-state index in [0.717, 1.165) is 0 Å². The van der Waals surface area contributed by atoms with Crippen molar-refractivity contribution < 1.29 is 18.3 Å². The minimum absolute atomic E-state index is 0.0398. The number of aromatic nitrogens is 2. The van der Waals surface area contributed by atoms with Crippen molar-refractivity contribution in [2.24, 2.45) is 7.05 Å². The van der Waals surface area contributed by atoms with Crippen LogP contribution >= 0.6 is 0 Å². The second-order valence-electron chi connectivity index (χ2n) is 4.80. The van der Waals surface area contributed by atoms with E-state index in [2.05, 4.69) is 4.98 Å². The van der Waals surface area contributed by atoms with E-state index in [1.165, 1.54) is 10.5 Å². The Morgan fingerprint density at radius 1 is 1.58 bits per heavy atom. The Morgan fingerprint density at radius 3 is 2.79 bits per heavy atom. The molecule has 0 spiro atoms. The first-order chi connectivity index (χ1) is 8.86. The number of nitrogens with zero attached hydrogens (tertiary/aromatic N) is 3. The number of hydrogen-bond donors (Lipinski definition) is 1. The molecule has 0 radical (unpaired) electrons. The van der Waals surface area contributed by atoms with E-state index < -0.39 is 16.1 Å². The van der Waals surface area contributed by atoms with Crippen molar-refractivity contribution in [2.75, 3.05) is 19.8 Å². The Morgan fingerprint density at radius 2 is 2.26 bits per heavy atom. The van der Waals surface area contributed by atoms with Crippen LogP contribution in [0.15, 0.2) is 11.2 Å². The molecule has 1 aliphatic heterocycles. The Kier molecular flexibility index (Phi) is 3.95. The third kappa shape index (κ3) is 2.66. The van der Waals surface area contributed by atoms with E-state index in [1.54, 1.807) is 25.5 Å². The third-order valence-electron chi connectivity index (χ3n) is 3.31. The Hall–Kier alpha value is -0.960. The van der Waals surface area contributed by atoms with E-state index in [1.807, 2.05) is 0 Å². The zero-order chi connectivity index (χ0) is 14.2. The van der Waals surface area contributed by atoms with Crippen molar-refractivity contribution >= 4 is 10.0 Å². The third-order valence-corrected chi connectivity index (χ3v) is 5.16. The molecule has 2 heterocycles. The average molecular weight is 289 g/mol. The molecule has 1 fully saturated rings. The van der Waals surface area contributed by atoms with Gasteiger partial charge < -0.3 is 14.4 Å². The van der Waals surface area contributed by atoms with Crippen molar-refractivity contribution in [2.45, 2.75) is 31.0 Å². The summed E-state index contributed by atoms with van der Waals surface area (Å²) in [5.74, 6) is 0.637. The standard InChI is InChI=1S/C11H19N3O4S/c1-8-7-18-10(6-15)4-14(8)19(16,17)11-5-13(3)9(2)12-11/h5,8,10,15H,4,6-7H2,1-3H3. The van der Waals surface area contributed by atoms with Crippen molar-refractivity contribution in [3.8, 4) is 0 Å². The number of rotatable bonds is 3. The molecule has 0 saturated carbocycles. The maximum absolute atomic E-state index is 12.5. The molecule has 1 saturated heterocycles. The van der Waals surface area contributed by atoms with Gasteiger partial charge in [0.1, 0.15) is 5.82 Å². The summed E-state index contributed by atoms with van der Waals surface area (Å²) in [5.41, 5.74) is 0. The molecule has 19 heavy (non-hydrogen) atoms. The minimum Gasteiger partial charge on any atom is -0.394 e. The van der Waals surface area contributed by atoms with Gasteiger partial charge in [0.25, 0.3) is 10.0 Å². The van der Waals surface area contributed by atoms with E-state index >= 15 is 0 Å². The van der Waals surface area contributed by atoms with Crippen LogP contribution in [-0.4, -0.2) is 59.3 Å². The van der Waals surface area contributed by atoms with Crippen LogP contribution in [0.3, 0.4) is 0 Å². The summed E-state index contributed by atoms with van der Waals surface area (Å²) in [5, 5.41) is 9.15.